The maximum Gasteiger partial charge on any atom is 0.251 e. The van der Waals surface area contributed by atoms with Gasteiger partial charge >= 0.3 is 0 Å². The van der Waals surface area contributed by atoms with Crippen molar-refractivity contribution in [3.8, 4) is 0 Å². The minimum atomic E-state index is -0.618. The molecule has 2 heterocycles. The first kappa shape index (κ1) is 25.5. The summed E-state index contributed by atoms with van der Waals surface area (Å²) in [5, 5.41) is 11.3. The molecule has 184 valence electrons. The molecule has 4 rings (SSSR count). The summed E-state index contributed by atoms with van der Waals surface area (Å²) in [4.78, 5) is 27.1. The van der Waals surface area contributed by atoms with Gasteiger partial charge in [-0.25, -0.2) is 9.07 Å². The van der Waals surface area contributed by atoms with E-state index >= 15 is 0 Å². The van der Waals surface area contributed by atoms with Gasteiger partial charge in [0.05, 0.1) is 11.7 Å². The van der Waals surface area contributed by atoms with Gasteiger partial charge in [-0.1, -0.05) is 43.1 Å². The summed E-state index contributed by atoms with van der Waals surface area (Å²) in [6.45, 7) is 4.82. The van der Waals surface area contributed by atoms with Gasteiger partial charge < -0.3 is 10.2 Å². The molecule has 0 saturated carbocycles. The lowest BCUT2D eigenvalue weighted by Crippen LogP contribution is -2.46. The monoisotopic (exact) mass is 605 g/mol. The molecule has 1 aliphatic heterocycles. The molecule has 0 spiro atoms. The van der Waals surface area contributed by atoms with Crippen molar-refractivity contribution in [2.24, 2.45) is 5.92 Å². The molecule has 1 fully saturated rings. The molecule has 1 aliphatic rings. The zero-order valence-corrected chi connectivity index (χ0v) is 22.6. The standard InChI is InChI=1S/C25H26Br2FN5O2/c1-15(29-24(34)18-3-5-19(26)6-4-18)25(35)32-10-9-17(13-32)11-21-14-33(31-30-21)16(2)22-8-7-20(27)12-23(22)28/h3-8,12,14-17H,9-11,13H2,1-2H3,(H,29,34)/t15?,16-,17?/m1/s1. The van der Waals surface area contributed by atoms with Crippen molar-refractivity contribution >= 4 is 43.7 Å². The van der Waals surface area contributed by atoms with Crippen LogP contribution in [0.1, 0.15) is 47.9 Å². The predicted octanol–water partition coefficient (Wildman–Crippen LogP) is 4.76. The van der Waals surface area contributed by atoms with E-state index in [1.165, 1.54) is 6.07 Å². The maximum atomic E-state index is 14.3. The van der Waals surface area contributed by atoms with E-state index in [0.29, 0.717) is 35.1 Å². The third-order valence-corrected chi connectivity index (χ3v) is 7.31. The quantitative estimate of drug-likeness (QED) is 0.421. The summed E-state index contributed by atoms with van der Waals surface area (Å²) in [6.07, 6.45) is 3.37. The highest BCUT2D eigenvalue weighted by Crippen LogP contribution is 2.25. The maximum absolute atomic E-state index is 14.3. The average molecular weight is 607 g/mol. The number of benzene rings is 2. The average Bonchev–Trinajstić information content (AvgIpc) is 3.49. The van der Waals surface area contributed by atoms with Crippen LogP contribution in [0, 0.1) is 11.7 Å². The van der Waals surface area contributed by atoms with Gasteiger partial charge in [0.1, 0.15) is 11.9 Å². The number of hydrogen-bond donors (Lipinski definition) is 1. The van der Waals surface area contributed by atoms with Crippen LogP contribution in [-0.2, 0) is 11.2 Å². The van der Waals surface area contributed by atoms with Crippen LogP contribution < -0.4 is 5.32 Å². The highest BCUT2D eigenvalue weighted by molar-refractivity contribution is 9.10. The Bertz CT molecular complexity index is 1220. The first-order valence-corrected chi connectivity index (χ1v) is 13.0. The van der Waals surface area contributed by atoms with E-state index in [4.69, 9.17) is 0 Å². The number of hydrogen-bond acceptors (Lipinski definition) is 4. The Morgan fingerprint density at radius 2 is 1.86 bits per heavy atom. The predicted molar refractivity (Wildman–Crippen MR) is 137 cm³/mol. The molecule has 2 amide bonds. The van der Waals surface area contributed by atoms with Gasteiger partial charge in [-0.15, -0.1) is 5.10 Å². The number of amides is 2. The third-order valence-electron chi connectivity index (χ3n) is 6.29. The van der Waals surface area contributed by atoms with Crippen LogP contribution in [0.3, 0.4) is 0 Å². The lowest BCUT2D eigenvalue weighted by Gasteiger charge is -2.22. The summed E-state index contributed by atoms with van der Waals surface area (Å²) < 4.78 is 17.6. The molecular formula is C25H26Br2FN5O2. The molecule has 7 nitrogen and oxygen atoms in total. The second kappa shape index (κ2) is 11.0. The van der Waals surface area contributed by atoms with Crippen LogP contribution in [0.15, 0.2) is 57.6 Å². The summed E-state index contributed by atoms with van der Waals surface area (Å²) in [6, 6.07) is 11.1. The molecule has 3 atom stereocenters. The summed E-state index contributed by atoms with van der Waals surface area (Å²) in [5.41, 5.74) is 1.86. The van der Waals surface area contributed by atoms with Crippen molar-refractivity contribution < 1.29 is 14.0 Å². The van der Waals surface area contributed by atoms with Gasteiger partial charge in [-0.2, -0.15) is 0 Å². The second-order valence-corrected chi connectivity index (χ2v) is 10.7. The molecule has 3 aromatic rings. The Morgan fingerprint density at radius 3 is 2.57 bits per heavy atom. The molecule has 2 aromatic carbocycles. The first-order chi connectivity index (χ1) is 16.7. The van der Waals surface area contributed by atoms with E-state index in [2.05, 4.69) is 47.5 Å². The molecule has 1 saturated heterocycles. The zero-order chi connectivity index (χ0) is 25.1. The number of rotatable bonds is 7. The van der Waals surface area contributed by atoms with Gasteiger partial charge in [-0.05, 0) is 69.0 Å². The number of nitrogens with one attached hydrogen (secondary N) is 1. The smallest absolute Gasteiger partial charge is 0.251 e. The number of halogens is 3. The fraction of sp³-hybridized carbons (Fsp3) is 0.360. The van der Waals surface area contributed by atoms with Crippen molar-refractivity contribution in [1.29, 1.82) is 0 Å². The Kier molecular flexibility index (Phi) is 8.01. The second-order valence-electron chi connectivity index (χ2n) is 8.88. The molecule has 1 aromatic heterocycles. The van der Waals surface area contributed by atoms with Gasteiger partial charge in [0.2, 0.25) is 5.91 Å². The Labute approximate surface area is 220 Å². The number of likely N-dealkylation sites (tertiary alicyclic amines) is 1. The fourth-order valence-electron chi connectivity index (χ4n) is 4.29. The number of aromatic nitrogens is 3. The van der Waals surface area contributed by atoms with Gasteiger partial charge in [0.25, 0.3) is 5.91 Å². The minimum absolute atomic E-state index is 0.0963. The first-order valence-electron chi connectivity index (χ1n) is 11.4. The number of carbonyl (C=O) groups excluding carboxylic acids is 2. The van der Waals surface area contributed by atoms with E-state index in [1.54, 1.807) is 52.9 Å². The Balaban J connectivity index is 1.31. The molecule has 2 unspecified atom stereocenters. The van der Waals surface area contributed by atoms with Crippen LogP contribution in [-0.4, -0.2) is 50.8 Å². The van der Waals surface area contributed by atoms with Crippen molar-refractivity contribution in [2.75, 3.05) is 13.1 Å². The van der Waals surface area contributed by atoms with Crippen LogP contribution >= 0.6 is 31.9 Å². The Hall–Kier alpha value is -2.59. The molecule has 0 aliphatic carbocycles. The van der Waals surface area contributed by atoms with Gasteiger partial charge in [0.15, 0.2) is 0 Å². The lowest BCUT2D eigenvalue weighted by molar-refractivity contribution is -0.131. The molecule has 10 heteroatoms. The van der Waals surface area contributed by atoms with Gasteiger partial charge in [0, 0.05) is 39.4 Å². The Morgan fingerprint density at radius 1 is 1.14 bits per heavy atom. The third kappa shape index (κ3) is 6.16. The van der Waals surface area contributed by atoms with Crippen molar-refractivity contribution in [3.63, 3.8) is 0 Å². The zero-order valence-electron chi connectivity index (χ0n) is 19.4. The van der Waals surface area contributed by atoms with Crippen molar-refractivity contribution in [2.45, 2.75) is 38.8 Å². The molecular weight excluding hydrogens is 581 g/mol. The van der Waals surface area contributed by atoms with Crippen molar-refractivity contribution in [3.05, 3.63) is 80.2 Å². The van der Waals surface area contributed by atoms with E-state index in [9.17, 15) is 14.0 Å². The van der Waals surface area contributed by atoms with Gasteiger partial charge in [-0.3, -0.25) is 9.59 Å². The number of nitrogens with zero attached hydrogens (tertiary/aromatic N) is 4. The summed E-state index contributed by atoms with van der Waals surface area (Å²) in [7, 11) is 0. The number of carbonyl (C=O) groups is 2. The lowest BCUT2D eigenvalue weighted by atomic mass is 10.0. The van der Waals surface area contributed by atoms with Crippen LogP contribution in [0.25, 0.3) is 0 Å². The van der Waals surface area contributed by atoms with Crippen LogP contribution in [0.5, 0.6) is 0 Å². The van der Waals surface area contributed by atoms with Crippen LogP contribution in [0.4, 0.5) is 4.39 Å². The largest absolute Gasteiger partial charge is 0.341 e. The van der Waals surface area contributed by atoms with E-state index in [-0.39, 0.29) is 29.6 Å². The summed E-state index contributed by atoms with van der Waals surface area (Å²) >= 11 is 6.63. The topological polar surface area (TPSA) is 80.1 Å². The molecule has 1 N–H and O–H groups in total. The van der Waals surface area contributed by atoms with E-state index in [0.717, 1.165) is 16.6 Å². The van der Waals surface area contributed by atoms with E-state index in [1.807, 2.05) is 13.1 Å². The van der Waals surface area contributed by atoms with E-state index < -0.39 is 6.04 Å². The molecule has 0 bridgehead atoms. The molecule has 0 radical (unpaired) electrons. The SMILES string of the molecule is CC(NC(=O)c1ccc(Br)cc1)C(=O)N1CCC(Cc2cn([C@H](C)c3ccc(Br)cc3F)nn2)C1. The fourth-order valence-corrected chi connectivity index (χ4v) is 4.89. The highest BCUT2D eigenvalue weighted by atomic mass is 79.9. The minimum Gasteiger partial charge on any atom is -0.341 e. The van der Waals surface area contributed by atoms with Crippen molar-refractivity contribution in [1.82, 2.24) is 25.2 Å². The molecule has 35 heavy (non-hydrogen) atoms. The van der Waals surface area contributed by atoms with Crippen LogP contribution in [0.2, 0.25) is 0 Å². The highest BCUT2D eigenvalue weighted by Gasteiger charge is 2.30. The normalized spacial score (nSPS) is 17.3. The summed E-state index contributed by atoms with van der Waals surface area (Å²) in [5.74, 6) is -0.420.